The third kappa shape index (κ3) is 4.25. The number of halogens is 2. The van der Waals surface area contributed by atoms with E-state index in [0.717, 1.165) is 5.69 Å². The van der Waals surface area contributed by atoms with Crippen molar-refractivity contribution in [1.29, 1.82) is 0 Å². The molecule has 0 aliphatic rings. The topological polar surface area (TPSA) is 54.0 Å². The van der Waals surface area contributed by atoms with E-state index >= 15 is 0 Å². The Kier molecular flexibility index (Phi) is 4.99. The van der Waals surface area contributed by atoms with E-state index in [4.69, 9.17) is 23.2 Å². The van der Waals surface area contributed by atoms with Crippen molar-refractivity contribution in [3.63, 3.8) is 0 Å². The van der Waals surface area contributed by atoms with Gasteiger partial charge >= 0.3 is 0 Å². The molecule has 0 unspecified atom stereocenters. The maximum atomic E-state index is 12.1. The fraction of sp³-hybridized carbons (Fsp3) is 0. The van der Waals surface area contributed by atoms with Gasteiger partial charge in [0.05, 0.1) is 11.9 Å². The summed E-state index contributed by atoms with van der Waals surface area (Å²) < 4.78 is 0. The Morgan fingerprint density at radius 3 is 2.33 bits per heavy atom. The maximum Gasteiger partial charge on any atom is 0.255 e. The highest BCUT2D eigenvalue weighted by atomic mass is 35.5. The Labute approximate surface area is 149 Å². The van der Waals surface area contributed by atoms with Gasteiger partial charge in [-0.15, -0.1) is 0 Å². The van der Waals surface area contributed by atoms with Crippen molar-refractivity contribution in [2.24, 2.45) is 0 Å². The molecule has 6 heteroatoms. The highest BCUT2D eigenvalue weighted by Crippen LogP contribution is 2.20. The van der Waals surface area contributed by atoms with Crippen LogP contribution in [0.1, 0.15) is 10.4 Å². The molecule has 0 saturated carbocycles. The van der Waals surface area contributed by atoms with Gasteiger partial charge < -0.3 is 10.6 Å². The van der Waals surface area contributed by atoms with Gasteiger partial charge in [0.2, 0.25) is 0 Å². The molecule has 0 saturated heterocycles. The van der Waals surface area contributed by atoms with Gasteiger partial charge in [-0.25, -0.2) is 4.98 Å². The van der Waals surface area contributed by atoms with E-state index in [-0.39, 0.29) is 5.91 Å². The standard InChI is InChI=1S/C18H13Cl2N3O/c19-13-6-4-12(5-7-13)18(24)23-16-8-9-17(21-11-16)22-15-3-1-2-14(20)10-15/h1-11H,(H,21,22)(H,23,24). The van der Waals surface area contributed by atoms with E-state index in [0.29, 0.717) is 27.1 Å². The second-order valence-corrected chi connectivity index (χ2v) is 5.90. The molecule has 0 spiro atoms. The van der Waals surface area contributed by atoms with Crippen molar-refractivity contribution in [2.45, 2.75) is 0 Å². The highest BCUT2D eigenvalue weighted by molar-refractivity contribution is 6.31. The number of hydrogen-bond acceptors (Lipinski definition) is 3. The number of anilines is 3. The van der Waals surface area contributed by atoms with Crippen LogP contribution in [0.15, 0.2) is 66.9 Å². The van der Waals surface area contributed by atoms with Crippen LogP contribution >= 0.6 is 23.2 Å². The molecule has 24 heavy (non-hydrogen) atoms. The molecule has 3 aromatic rings. The lowest BCUT2D eigenvalue weighted by Crippen LogP contribution is -2.11. The average Bonchev–Trinajstić information content (AvgIpc) is 2.57. The van der Waals surface area contributed by atoms with Gasteiger partial charge in [-0.2, -0.15) is 0 Å². The molecule has 120 valence electrons. The van der Waals surface area contributed by atoms with Crippen LogP contribution in [0.4, 0.5) is 17.2 Å². The first-order chi connectivity index (χ1) is 11.6. The summed E-state index contributed by atoms with van der Waals surface area (Å²) in [5.74, 6) is 0.436. The zero-order valence-electron chi connectivity index (χ0n) is 12.5. The maximum absolute atomic E-state index is 12.1. The normalized spacial score (nSPS) is 10.2. The second kappa shape index (κ2) is 7.34. The molecule has 1 aromatic heterocycles. The minimum Gasteiger partial charge on any atom is -0.340 e. The summed E-state index contributed by atoms with van der Waals surface area (Å²) in [6.45, 7) is 0. The van der Waals surface area contributed by atoms with Crippen molar-refractivity contribution in [2.75, 3.05) is 10.6 Å². The van der Waals surface area contributed by atoms with Gasteiger partial charge in [-0.05, 0) is 54.6 Å². The number of nitrogens with one attached hydrogen (secondary N) is 2. The zero-order valence-corrected chi connectivity index (χ0v) is 14.0. The van der Waals surface area contributed by atoms with Gasteiger partial charge in [0.25, 0.3) is 5.91 Å². The summed E-state index contributed by atoms with van der Waals surface area (Å²) in [7, 11) is 0. The molecule has 2 aromatic carbocycles. The molecule has 2 N–H and O–H groups in total. The van der Waals surface area contributed by atoms with Crippen molar-refractivity contribution in [3.8, 4) is 0 Å². The van der Waals surface area contributed by atoms with Gasteiger partial charge in [0.1, 0.15) is 5.82 Å². The molecule has 0 bridgehead atoms. The summed E-state index contributed by atoms with van der Waals surface area (Å²) in [6, 6.07) is 17.6. The van der Waals surface area contributed by atoms with Crippen molar-refractivity contribution in [1.82, 2.24) is 4.98 Å². The Morgan fingerprint density at radius 1 is 0.875 bits per heavy atom. The number of benzene rings is 2. The highest BCUT2D eigenvalue weighted by Gasteiger charge is 2.06. The largest absolute Gasteiger partial charge is 0.340 e. The van der Waals surface area contributed by atoms with E-state index in [9.17, 15) is 4.79 Å². The first kappa shape index (κ1) is 16.3. The van der Waals surface area contributed by atoms with Crippen LogP contribution in [-0.2, 0) is 0 Å². The fourth-order valence-corrected chi connectivity index (χ4v) is 2.38. The molecular weight excluding hydrogens is 345 g/mol. The first-order valence-corrected chi connectivity index (χ1v) is 7.91. The summed E-state index contributed by atoms with van der Waals surface area (Å²) in [6.07, 6.45) is 1.58. The molecule has 3 rings (SSSR count). The molecule has 0 radical (unpaired) electrons. The summed E-state index contributed by atoms with van der Waals surface area (Å²) in [5, 5.41) is 7.16. The van der Waals surface area contributed by atoms with Gasteiger partial charge in [0.15, 0.2) is 0 Å². The zero-order chi connectivity index (χ0) is 16.9. The number of carbonyl (C=O) groups is 1. The molecular formula is C18H13Cl2N3O. The third-order valence-corrected chi connectivity index (χ3v) is 3.71. The minimum absolute atomic E-state index is 0.219. The number of amides is 1. The van der Waals surface area contributed by atoms with Crippen LogP contribution in [-0.4, -0.2) is 10.9 Å². The monoisotopic (exact) mass is 357 g/mol. The minimum atomic E-state index is -0.219. The van der Waals surface area contributed by atoms with Gasteiger partial charge in [-0.1, -0.05) is 29.3 Å². The van der Waals surface area contributed by atoms with Crippen LogP contribution in [0.5, 0.6) is 0 Å². The Morgan fingerprint density at radius 2 is 1.67 bits per heavy atom. The van der Waals surface area contributed by atoms with Crippen LogP contribution in [0, 0.1) is 0 Å². The molecule has 0 atom stereocenters. The smallest absolute Gasteiger partial charge is 0.255 e. The average molecular weight is 358 g/mol. The molecule has 0 aliphatic carbocycles. The Hall–Kier alpha value is -2.56. The predicted octanol–water partition coefficient (Wildman–Crippen LogP) is 5.38. The van der Waals surface area contributed by atoms with Gasteiger partial charge in [-0.3, -0.25) is 4.79 Å². The van der Waals surface area contributed by atoms with Crippen molar-refractivity contribution in [3.05, 3.63) is 82.5 Å². The number of carbonyl (C=O) groups excluding carboxylic acids is 1. The van der Waals surface area contributed by atoms with Crippen molar-refractivity contribution >= 4 is 46.3 Å². The first-order valence-electron chi connectivity index (χ1n) is 7.16. The second-order valence-electron chi connectivity index (χ2n) is 5.03. The van der Waals surface area contributed by atoms with Crippen LogP contribution < -0.4 is 10.6 Å². The Bertz CT molecular complexity index is 849. The Balaban J connectivity index is 1.66. The summed E-state index contributed by atoms with van der Waals surface area (Å²) in [5.41, 5.74) is 1.97. The summed E-state index contributed by atoms with van der Waals surface area (Å²) >= 11 is 11.8. The van der Waals surface area contributed by atoms with Crippen molar-refractivity contribution < 1.29 is 4.79 Å². The molecule has 0 fully saturated rings. The molecule has 1 heterocycles. The fourth-order valence-electron chi connectivity index (χ4n) is 2.06. The van der Waals surface area contributed by atoms with E-state index in [2.05, 4.69) is 15.6 Å². The number of nitrogens with zero attached hydrogens (tertiary/aromatic N) is 1. The number of rotatable bonds is 4. The van der Waals surface area contributed by atoms with Crippen LogP contribution in [0.25, 0.3) is 0 Å². The van der Waals surface area contributed by atoms with Crippen LogP contribution in [0.2, 0.25) is 10.0 Å². The number of hydrogen-bond donors (Lipinski definition) is 2. The SMILES string of the molecule is O=C(Nc1ccc(Nc2cccc(Cl)c2)nc1)c1ccc(Cl)cc1. The van der Waals surface area contributed by atoms with E-state index in [1.165, 1.54) is 0 Å². The quantitative estimate of drug-likeness (QED) is 0.658. The van der Waals surface area contributed by atoms with Crippen LogP contribution in [0.3, 0.4) is 0 Å². The van der Waals surface area contributed by atoms with E-state index < -0.39 is 0 Å². The molecule has 4 nitrogen and oxygen atoms in total. The van der Waals surface area contributed by atoms with E-state index in [1.807, 2.05) is 12.1 Å². The summed E-state index contributed by atoms with van der Waals surface area (Å²) in [4.78, 5) is 16.4. The predicted molar refractivity (Wildman–Crippen MR) is 98.4 cm³/mol. The lowest BCUT2D eigenvalue weighted by atomic mass is 10.2. The number of pyridine rings is 1. The lowest BCUT2D eigenvalue weighted by molar-refractivity contribution is 0.102. The van der Waals surface area contributed by atoms with Gasteiger partial charge in [0, 0.05) is 21.3 Å². The lowest BCUT2D eigenvalue weighted by Gasteiger charge is -2.08. The number of aromatic nitrogens is 1. The third-order valence-electron chi connectivity index (χ3n) is 3.22. The molecule has 1 amide bonds. The van der Waals surface area contributed by atoms with E-state index in [1.54, 1.807) is 54.7 Å². The molecule has 0 aliphatic heterocycles.